The van der Waals surface area contributed by atoms with Crippen molar-refractivity contribution in [2.24, 2.45) is 0 Å². The van der Waals surface area contributed by atoms with Crippen LogP contribution in [0.2, 0.25) is 0 Å². The Morgan fingerprint density at radius 2 is 2.05 bits per heavy atom. The van der Waals surface area contributed by atoms with Gasteiger partial charge in [0.2, 0.25) is 5.89 Å². The van der Waals surface area contributed by atoms with Crippen molar-refractivity contribution in [3.63, 3.8) is 0 Å². The predicted octanol–water partition coefficient (Wildman–Crippen LogP) is 3.49. The smallest absolute Gasteiger partial charge is 0.320 e. The first-order valence-corrected chi connectivity index (χ1v) is 7.01. The molecule has 5 nitrogen and oxygen atoms in total. The fourth-order valence-corrected chi connectivity index (χ4v) is 1.89. The molecular formula is C15H22N4O. The molecule has 0 spiro atoms. The monoisotopic (exact) mass is 274 g/mol. The van der Waals surface area contributed by atoms with Gasteiger partial charge in [-0.15, -0.1) is 5.10 Å². The average Bonchev–Trinajstić information content (AvgIpc) is 2.89. The molecule has 2 N–H and O–H groups in total. The van der Waals surface area contributed by atoms with E-state index in [4.69, 9.17) is 4.42 Å². The SMILES string of the molecule is CCCNC(C)c1nnc(Nc2cc(C)ccc2C)o1. The Bertz CT molecular complexity index is 565. The Kier molecular flexibility index (Phi) is 4.74. The fraction of sp³-hybridized carbons (Fsp3) is 0.467. The van der Waals surface area contributed by atoms with E-state index >= 15 is 0 Å². The normalized spacial score (nSPS) is 12.4. The van der Waals surface area contributed by atoms with Crippen molar-refractivity contribution in [1.29, 1.82) is 0 Å². The second-order valence-corrected chi connectivity index (χ2v) is 5.06. The lowest BCUT2D eigenvalue weighted by atomic mass is 10.1. The van der Waals surface area contributed by atoms with Crippen LogP contribution in [-0.2, 0) is 0 Å². The van der Waals surface area contributed by atoms with Gasteiger partial charge in [-0.1, -0.05) is 24.2 Å². The van der Waals surface area contributed by atoms with E-state index in [1.165, 1.54) is 5.56 Å². The molecule has 0 bridgehead atoms. The standard InChI is InChI=1S/C15H22N4O/c1-5-8-16-12(4)14-18-19-15(20-14)17-13-9-10(2)6-7-11(13)3/h6-7,9,12,16H,5,8H2,1-4H3,(H,17,19). The minimum Gasteiger partial charge on any atom is -0.406 e. The van der Waals surface area contributed by atoms with Crippen LogP contribution in [0.4, 0.5) is 11.7 Å². The second-order valence-electron chi connectivity index (χ2n) is 5.06. The van der Waals surface area contributed by atoms with Gasteiger partial charge >= 0.3 is 6.01 Å². The second kappa shape index (κ2) is 6.52. The molecule has 1 heterocycles. The van der Waals surface area contributed by atoms with E-state index in [2.05, 4.69) is 52.9 Å². The van der Waals surface area contributed by atoms with E-state index in [0.29, 0.717) is 11.9 Å². The molecule has 2 rings (SSSR count). The molecule has 1 aromatic heterocycles. The maximum absolute atomic E-state index is 5.65. The average molecular weight is 274 g/mol. The summed E-state index contributed by atoms with van der Waals surface area (Å²) in [5.74, 6) is 0.603. The predicted molar refractivity (Wildman–Crippen MR) is 80.2 cm³/mol. The zero-order valence-corrected chi connectivity index (χ0v) is 12.5. The first-order valence-electron chi connectivity index (χ1n) is 7.01. The number of aryl methyl sites for hydroxylation is 2. The third-order valence-electron chi connectivity index (χ3n) is 3.15. The van der Waals surface area contributed by atoms with Crippen LogP contribution in [-0.4, -0.2) is 16.7 Å². The van der Waals surface area contributed by atoms with Crippen LogP contribution in [0.25, 0.3) is 0 Å². The van der Waals surface area contributed by atoms with Crippen molar-refractivity contribution in [2.45, 2.75) is 40.2 Å². The largest absolute Gasteiger partial charge is 0.406 e. The van der Waals surface area contributed by atoms with Crippen LogP contribution in [0.5, 0.6) is 0 Å². The number of nitrogens with zero attached hydrogens (tertiary/aromatic N) is 2. The Balaban J connectivity index is 2.07. The topological polar surface area (TPSA) is 63.0 Å². The molecule has 0 aliphatic heterocycles. The highest BCUT2D eigenvalue weighted by Crippen LogP contribution is 2.22. The van der Waals surface area contributed by atoms with E-state index in [0.717, 1.165) is 24.2 Å². The summed E-state index contributed by atoms with van der Waals surface area (Å²) < 4.78 is 5.65. The molecule has 1 atom stereocenters. The zero-order valence-electron chi connectivity index (χ0n) is 12.5. The van der Waals surface area contributed by atoms with Crippen molar-refractivity contribution in [3.05, 3.63) is 35.2 Å². The first-order chi connectivity index (χ1) is 9.60. The lowest BCUT2D eigenvalue weighted by molar-refractivity contribution is 0.424. The highest BCUT2D eigenvalue weighted by atomic mass is 16.4. The van der Waals surface area contributed by atoms with E-state index in [1.54, 1.807) is 0 Å². The quantitative estimate of drug-likeness (QED) is 0.844. The maximum atomic E-state index is 5.65. The molecule has 0 amide bonds. The van der Waals surface area contributed by atoms with Gasteiger partial charge in [0.05, 0.1) is 6.04 Å². The molecule has 0 aliphatic rings. The van der Waals surface area contributed by atoms with E-state index < -0.39 is 0 Å². The molecule has 1 unspecified atom stereocenters. The Labute approximate surface area is 119 Å². The van der Waals surface area contributed by atoms with Crippen molar-refractivity contribution in [2.75, 3.05) is 11.9 Å². The summed E-state index contributed by atoms with van der Waals surface area (Å²) >= 11 is 0. The minimum atomic E-state index is 0.0663. The Morgan fingerprint density at radius 1 is 1.25 bits per heavy atom. The summed E-state index contributed by atoms with van der Waals surface area (Å²) in [7, 11) is 0. The van der Waals surface area contributed by atoms with Gasteiger partial charge < -0.3 is 15.1 Å². The molecular weight excluding hydrogens is 252 g/mol. The van der Waals surface area contributed by atoms with Crippen molar-refractivity contribution in [3.8, 4) is 0 Å². The van der Waals surface area contributed by atoms with Crippen LogP contribution in [0.3, 0.4) is 0 Å². The number of nitrogens with one attached hydrogen (secondary N) is 2. The Hall–Kier alpha value is -1.88. The number of anilines is 2. The van der Waals surface area contributed by atoms with Crippen LogP contribution < -0.4 is 10.6 Å². The van der Waals surface area contributed by atoms with E-state index in [1.807, 2.05) is 13.8 Å². The lowest BCUT2D eigenvalue weighted by Gasteiger charge is -2.08. The number of hydrogen-bond donors (Lipinski definition) is 2. The minimum absolute atomic E-state index is 0.0663. The maximum Gasteiger partial charge on any atom is 0.320 e. The molecule has 0 radical (unpaired) electrons. The van der Waals surface area contributed by atoms with Gasteiger partial charge in [-0.2, -0.15) is 0 Å². The van der Waals surface area contributed by atoms with Gasteiger partial charge in [0.1, 0.15) is 0 Å². The van der Waals surface area contributed by atoms with Crippen molar-refractivity contribution in [1.82, 2.24) is 15.5 Å². The Morgan fingerprint density at radius 3 is 2.80 bits per heavy atom. The summed E-state index contributed by atoms with van der Waals surface area (Å²) in [4.78, 5) is 0. The molecule has 0 saturated carbocycles. The van der Waals surface area contributed by atoms with Crippen molar-refractivity contribution < 1.29 is 4.42 Å². The van der Waals surface area contributed by atoms with E-state index in [-0.39, 0.29) is 6.04 Å². The van der Waals surface area contributed by atoms with E-state index in [9.17, 15) is 0 Å². The molecule has 2 aromatic rings. The van der Waals surface area contributed by atoms with Crippen LogP contribution in [0, 0.1) is 13.8 Å². The third-order valence-corrected chi connectivity index (χ3v) is 3.15. The molecule has 0 saturated heterocycles. The van der Waals surface area contributed by atoms with Crippen LogP contribution >= 0.6 is 0 Å². The lowest BCUT2D eigenvalue weighted by Crippen LogP contribution is -2.19. The van der Waals surface area contributed by atoms with Crippen LogP contribution in [0.15, 0.2) is 22.6 Å². The number of benzene rings is 1. The highest BCUT2D eigenvalue weighted by Gasteiger charge is 2.13. The molecule has 108 valence electrons. The summed E-state index contributed by atoms with van der Waals surface area (Å²) in [6.07, 6.45) is 1.08. The molecule has 20 heavy (non-hydrogen) atoms. The zero-order chi connectivity index (χ0) is 14.5. The fourth-order valence-electron chi connectivity index (χ4n) is 1.89. The van der Waals surface area contributed by atoms with Crippen LogP contribution in [0.1, 0.15) is 43.3 Å². The van der Waals surface area contributed by atoms with Gasteiger partial charge in [0.15, 0.2) is 0 Å². The molecule has 0 fully saturated rings. The summed E-state index contributed by atoms with van der Waals surface area (Å²) in [5.41, 5.74) is 3.33. The third kappa shape index (κ3) is 3.57. The van der Waals surface area contributed by atoms with Gasteiger partial charge in [0, 0.05) is 5.69 Å². The molecule has 0 aliphatic carbocycles. The highest BCUT2D eigenvalue weighted by molar-refractivity contribution is 5.58. The van der Waals surface area contributed by atoms with Gasteiger partial charge in [0.25, 0.3) is 0 Å². The van der Waals surface area contributed by atoms with Crippen molar-refractivity contribution >= 4 is 11.7 Å². The molecule has 1 aromatic carbocycles. The first kappa shape index (κ1) is 14.5. The summed E-state index contributed by atoms with van der Waals surface area (Å²) in [5, 5.41) is 14.6. The number of hydrogen-bond acceptors (Lipinski definition) is 5. The van der Waals surface area contributed by atoms with Gasteiger partial charge in [-0.3, -0.25) is 0 Å². The number of aromatic nitrogens is 2. The summed E-state index contributed by atoms with van der Waals surface area (Å²) in [6, 6.07) is 6.71. The molecule has 5 heteroatoms. The number of rotatable bonds is 6. The van der Waals surface area contributed by atoms with Gasteiger partial charge in [-0.25, -0.2) is 0 Å². The summed E-state index contributed by atoms with van der Waals surface area (Å²) in [6.45, 7) is 9.18. The van der Waals surface area contributed by atoms with Gasteiger partial charge in [-0.05, 0) is 50.9 Å².